The molecule has 5 heteroatoms. The van der Waals surface area contributed by atoms with Crippen molar-refractivity contribution in [2.24, 2.45) is 0 Å². The van der Waals surface area contributed by atoms with Gasteiger partial charge in [-0.2, -0.15) is 13.2 Å². The molecule has 1 aromatic rings. The molecule has 1 heterocycles. The summed E-state index contributed by atoms with van der Waals surface area (Å²) in [6.45, 7) is 3.16. The topological polar surface area (TPSA) is 22.1 Å². The number of pyridine rings is 1. The van der Waals surface area contributed by atoms with Gasteiger partial charge in [-0.1, -0.05) is 6.58 Å². The third-order valence-electron chi connectivity index (χ3n) is 1.25. The summed E-state index contributed by atoms with van der Waals surface area (Å²) in [7, 11) is 0. The maximum Gasteiger partial charge on any atom is 0.437 e. The van der Waals surface area contributed by atoms with Crippen molar-refractivity contribution in [2.75, 3.05) is 0 Å². The van der Waals surface area contributed by atoms with E-state index in [0.29, 0.717) is 0 Å². The predicted molar refractivity (Wildman–Crippen MR) is 40.1 cm³/mol. The van der Waals surface area contributed by atoms with Crippen molar-refractivity contribution in [1.29, 1.82) is 0 Å². The monoisotopic (exact) mass is 189 g/mol. The molecule has 0 aromatic carbocycles. The largest absolute Gasteiger partial charge is 0.463 e. The lowest BCUT2D eigenvalue weighted by atomic mass is 10.3. The summed E-state index contributed by atoms with van der Waals surface area (Å²) in [5.74, 6) is -0.343. The summed E-state index contributed by atoms with van der Waals surface area (Å²) < 4.78 is 41.1. The van der Waals surface area contributed by atoms with Gasteiger partial charge in [-0.25, -0.2) is 4.98 Å². The third-order valence-corrected chi connectivity index (χ3v) is 1.25. The van der Waals surface area contributed by atoms with Gasteiger partial charge in [-0.05, 0) is 12.1 Å². The standard InChI is InChI=1S/C8H6F3NO/c1-2-13-6-4-3-5-12-7(6)8(9,10)11/h2-5H,1H2. The number of aromatic nitrogens is 1. The minimum absolute atomic E-state index is 0.343. The molecule has 70 valence electrons. The second-order valence-electron chi connectivity index (χ2n) is 2.13. The molecule has 1 rings (SSSR count). The number of halogens is 3. The molecule has 0 aliphatic carbocycles. The smallest absolute Gasteiger partial charge is 0.437 e. The molecule has 1 aromatic heterocycles. The predicted octanol–water partition coefficient (Wildman–Crippen LogP) is 2.62. The van der Waals surface area contributed by atoms with Crippen LogP contribution in [0.1, 0.15) is 5.69 Å². The fourth-order valence-corrected chi connectivity index (χ4v) is 0.788. The van der Waals surface area contributed by atoms with Gasteiger partial charge in [0.05, 0.1) is 6.26 Å². The molecule has 0 saturated heterocycles. The summed E-state index contributed by atoms with van der Waals surface area (Å²) in [6.07, 6.45) is -2.52. The van der Waals surface area contributed by atoms with Gasteiger partial charge < -0.3 is 4.74 Å². The molecule has 0 bridgehead atoms. The van der Waals surface area contributed by atoms with E-state index in [1.807, 2.05) is 0 Å². The zero-order valence-corrected chi connectivity index (χ0v) is 6.51. The Kier molecular flexibility index (Phi) is 2.55. The van der Waals surface area contributed by atoms with Gasteiger partial charge in [-0.15, -0.1) is 0 Å². The van der Waals surface area contributed by atoms with Crippen LogP contribution < -0.4 is 4.74 Å². The molecular formula is C8H6F3NO. The summed E-state index contributed by atoms with van der Waals surface area (Å²) in [5.41, 5.74) is -1.05. The molecule has 0 radical (unpaired) electrons. The van der Waals surface area contributed by atoms with Crippen molar-refractivity contribution in [3.63, 3.8) is 0 Å². The highest BCUT2D eigenvalue weighted by atomic mass is 19.4. The van der Waals surface area contributed by atoms with Crippen LogP contribution in [-0.4, -0.2) is 4.98 Å². The second kappa shape index (κ2) is 3.47. The van der Waals surface area contributed by atoms with Gasteiger partial charge in [-0.3, -0.25) is 0 Å². The minimum Gasteiger partial charge on any atom is -0.463 e. The Morgan fingerprint density at radius 2 is 2.15 bits per heavy atom. The molecule has 0 spiro atoms. The summed E-state index contributed by atoms with van der Waals surface area (Å²) in [5, 5.41) is 0. The molecule has 2 nitrogen and oxygen atoms in total. The summed E-state index contributed by atoms with van der Waals surface area (Å²) in [6, 6.07) is 2.53. The Morgan fingerprint density at radius 1 is 1.46 bits per heavy atom. The zero-order chi connectivity index (χ0) is 9.90. The average Bonchev–Trinajstić information content (AvgIpc) is 2.04. The lowest BCUT2D eigenvalue weighted by Gasteiger charge is -2.09. The maximum absolute atomic E-state index is 12.2. The van der Waals surface area contributed by atoms with E-state index in [2.05, 4.69) is 16.3 Å². The van der Waals surface area contributed by atoms with Crippen LogP contribution in [0.4, 0.5) is 13.2 Å². The summed E-state index contributed by atoms with van der Waals surface area (Å²) >= 11 is 0. The van der Waals surface area contributed by atoms with Crippen LogP contribution in [0.5, 0.6) is 5.75 Å². The van der Waals surface area contributed by atoms with Gasteiger partial charge in [0, 0.05) is 6.20 Å². The Labute approximate surface area is 72.7 Å². The Bertz CT molecular complexity index is 309. The first-order valence-electron chi connectivity index (χ1n) is 3.35. The highest BCUT2D eigenvalue weighted by Gasteiger charge is 2.36. The van der Waals surface area contributed by atoms with E-state index in [9.17, 15) is 13.2 Å². The number of ether oxygens (including phenoxy) is 1. The molecule has 0 atom stereocenters. The Balaban J connectivity index is 3.11. The molecule has 0 N–H and O–H groups in total. The van der Waals surface area contributed by atoms with Crippen molar-refractivity contribution in [2.45, 2.75) is 6.18 Å². The van der Waals surface area contributed by atoms with Gasteiger partial charge in [0.15, 0.2) is 11.4 Å². The molecule has 0 unspecified atom stereocenters. The molecule has 0 fully saturated rings. The van der Waals surface area contributed by atoms with E-state index in [-0.39, 0.29) is 5.75 Å². The lowest BCUT2D eigenvalue weighted by Crippen LogP contribution is -2.09. The Morgan fingerprint density at radius 3 is 2.69 bits per heavy atom. The quantitative estimate of drug-likeness (QED) is 0.667. The second-order valence-corrected chi connectivity index (χ2v) is 2.13. The van der Waals surface area contributed by atoms with E-state index in [1.54, 1.807) is 0 Å². The van der Waals surface area contributed by atoms with Crippen molar-refractivity contribution >= 4 is 0 Å². The van der Waals surface area contributed by atoms with Gasteiger partial charge in [0.1, 0.15) is 0 Å². The van der Waals surface area contributed by atoms with Crippen molar-refractivity contribution in [3.05, 3.63) is 36.9 Å². The van der Waals surface area contributed by atoms with Crippen molar-refractivity contribution in [1.82, 2.24) is 4.98 Å². The number of rotatable bonds is 2. The zero-order valence-electron chi connectivity index (χ0n) is 6.51. The van der Waals surface area contributed by atoms with E-state index >= 15 is 0 Å². The average molecular weight is 189 g/mol. The van der Waals surface area contributed by atoms with Crippen molar-refractivity contribution in [3.8, 4) is 5.75 Å². The number of hydrogen-bond donors (Lipinski definition) is 0. The van der Waals surface area contributed by atoms with Crippen LogP contribution in [0.25, 0.3) is 0 Å². The van der Waals surface area contributed by atoms with Gasteiger partial charge in [0.2, 0.25) is 0 Å². The SMILES string of the molecule is C=COc1cccnc1C(F)(F)F. The highest BCUT2D eigenvalue weighted by molar-refractivity contribution is 5.29. The molecule has 0 aliphatic heterocycles. The van der Waals surface area contributed by atoms with Gasteiger partial charge >= 0.3 is 6.18 Å². The molecule has 0 amide bonds. The highest BCUT2D eigenvalue weighted by Crippen LogP contribution is 2.33. The first-order chi connectivity index (χ1) is 6.05. The molecule has 13 heavy (non-hydrogen) atoms. The van der Waals surface area contributed by atoms with Crippen LogP contribution in [-0.2, 0) is 6.18 Å². The molecule has 0 saturated carbocycles. The summed E-state index contributed by atoms with van der Waals surface area (Å²) in [4.78, 5) is 3.17. The van der Waals surface area contributed by atoms with E-state index in [1.165, 1.54) is 12.1 Å². The van der Waals surface area contributed by atoms with Crippen LogP contribution >= 0.6 is 0 Å². The fraction of sp³-hybridized carbons (Fsp3) is 0.125. The minimum atomic E-state index is -4.50. The number of alkyl halides is 3. The third kappa shape index (κ3) is 2.21. The van der Waals surface area contributed by atoms with Crippen LogP contribution in [0.3, 0.4) is 0 Å². The van der Waals surface area contributed by atoms with E-state index in [4.69, 9.17) is 0 Å². The first-order valence-corrected chi connectivity index (χ1v) is 3.35. The maximum atomic E-state index is 12.2. The number of hydrogen-bond acceptors (Lipinski definition) is 2. The molecule has 0 aliphatic rings. The van der Waals surface area contributed by atoms with E-state index < -0.39 is 11.9 Å². The van der Waals surface area contributed by atoms with Crippen LogP contribution in [0.15, 0.2) is 31.2 Å². The van der Waals surface area contributed by atoms with Crippen LogP contribution in [0.2, 0.25) is 0 Å². The fourth-order valence-electron chi connectivity index (χ4n) is 0.788. The normalized spacial score (nSPS) is 11.0. The van der Waals surface area contributed by atoms with Crippen LogP contribution in [0, 0.1) is 0 Å². The molecular weight excluding hydrogens is 183 g/mol. The van der Waals surface area contributed by atoms with E-state index in [0.717, 1.165) is 12.5 Å². The van der Waals surface area contributed by atoms with Crippen molar-refractivity contribution < 1.29 is 17.9 Å². The number of nitrogens with zero attached hydrogens (tertiary/aromatic N) is 1. The first kappa shape index (κ1) is 9.57. The van der Waals surface area contributed by atoms with Gasteiger partial charge in [0.25, 0.3) is 0 Å². The lowest BCUT2D eigenvalue weighted by molar-refractivity contribution is -0.142. The Hall–Kier alpha value is -1.52.